The Morgan fingerprint density at radius 2 is 1.96 bits per heavy atom. The lowest BCUT2D eigenvalue weighted by molar-refractivity contribution is -0.144. The van der Waals surface area contributed by atoms with Crippen molar-refractivity contribution in [2.24, 2.45) is 0 Å². The summed E-state index contributed by atoms with van der Waals surface area (Å²) in [5.41, 5.74) is -0.0461. The van der Waals surface area contributed by atoms with E-state index in [1.54, 1.807) is 27.0 Å². The molecule has 0 aromatic carbocycles. The van der Waals surface area contributed by atoms with Crippen LogP contribution in [0.1, 0.15) is 33.4 Å². The van der Waals surface area contributed by atoms with Crippen LogP contribution in [0.4, 0.5) is 4.79 Å². The number of aromatic amines is 1. The second-order valence-electron chi connectivity index (χ2n) is 6.23. The lowest BCUT2D eigenvalue weighted by Crippen LogP contribution is -2.52. The fourth-order valence-corrected chi connectivity index (χ4v) is 1.83. The minimum atomic E-state index is -0.938. The van der Waals surface area contributed by atoms with Crippen molar-refractivity contribution < 1.29 is 23.9 Å². The Morgan fingerprint density at radius 1 is 1.29 bits per heavy atom. The molecule has 0 saturated heterocycles. The fourth-order valence-electron chi connectivity index (χ4n) is 1.83. The van der Waals surface area contributed by atoms with Crippen LogP contribution < -0.4 is 10.6 Å². The third-order valence-electron chi connectivity index (χ3n) is 2.90. The van der Waals surface area contributed by atoms with Gasteiger partial charge in [-0.15, -0.1) is 0 Å². The molecule has 1 rings (SSSR count). The first-order valence-corrected chi connectivity index (χ1v) is 7.47. The summed E-state index contributed by atoms with van der Waals surface area (Å²) in [6.45, 7) is 6.64. The largest absolute Gasteiger partial charge is 0.467 e. The second kappa shape index (κ2) is 8.32. The molecular weight excluding hydrogens is 316 g/mol. The van der Waals surface area contributed by atoms with Crippen LogP contribution in [0.25, 0.3) is 0 Å². The van der Waals surface area contributed by atoms with Crippen LogP contribution in [0, 0.1) is 0 Å². The van der Waals surface area contributed by atoms with E-state index in [-0.39, 0.29) is 6.42 Å². The van der Waals surface area contributed by atoms with Crippen molar-refractivity contribution in [3.8, 4) is 0 Å². The smallest absolute Gasteiger partial charge is 0.408 e. The second-order valence-corrected chi connectivity index (χ2v) is 6.23. The van der Waals surface area contributed by atoms with Gasteiger partial charge >= 0.3 is 12.1 Å². The van der Waals surface area contributed by atoms with Gasteiger partial charge in [0.05, 0.1) is 13.4 Å². The summed E-state index contributed by atoms with van der Waals surface area (Å²) >= 11 is 0. The molecule has 0 bridgehead atoms. The van der Waals surface area contributed by atoms with Gasteiger partial charge in [-0.3, -0.25) is 4.79 Å². The Balaban J connectivity index is 2.78. The maximum Gasteiger partial charge on any atom is 0.408 e. The van der Waals surface area contributed by atoms with E-state index in [9.17, 15) is 14.4 Å². The molecule has 2 amide bonds. The van der Waals surface area contributed by atoms with E-state index in [4.69, 9.17) is 4.74 Å². The van der Waals surface area contributed by atoms with Crippen molar-refractivity contribution in [2.75, 3.05) is 7.11 Å². The first-order chi connectivity index (χ1) is 11.1. The molecule has 1 aromatic rings. The highest BCUT2D eigenvalue weighted by Crippen LogP contribution is 2.08. The summed E-state index contributed by atoms with van der Waals surface area (Å²) in [4.78, 5) is 42.5. The van der Waals surface area contributed by atoms with E-state index in [1.807, 2.05) is 0 Å². The number of methoxy groups -OCH3 is 1. The van der Waals surface area contributed by atoms with Crippen LogP contribution in [0.3, 0.4) is 0 Å². The molecule has 2 atom stereocenters. The maximum atomic E-state index is 12.4. The Kier molecular flexibility index (Phi) is 6.75. The van der Waals surface area contributed by atoms with Gasteiger partial charge in [0.15, 0.2) is 0 Å². The van der Waals surface area contributed by atoms with E-state index in [1.165, 1.54) is 20.4 Å². The zero-order chi connectivity index (χ0) is 18.3. The number of nitrogens with zero attached hydrogens (tertiary/aromatic N) is 1. The Hall–Kier alpha value is -2.58. The number of imidazole rings is 1. The van der Waals surface area contributed by atoms with Crippen molar-refractivity contribution in [1.82, 2.24) is 20.6 Å². The number of alkyl carbamates (subject to hydrolysis) is 1. The normalized spacial score (nSPS) is 13.5. The molecule has 1 aromatic heterocycles. The molecule has 9 nitrogen and oxygen atoms in total. The van der Waals surface area contributed by atoms with Crippen molar-refractivity contribution >= 4 is 18.0 Å². The van der Waals surface area contributed by atoms with E-state index in [2.05, 4.69) is 25.3 Å². The molecule has 0 spiro atoms. The molecule has 0 fully saturated rings. The molecule has 0 unspecified atom stereocenters. The molecule has 9 heteroatoms. The Bertz CT molecular complexity index is 565. The summed E-state index contributed by atoms with van der Waals surface area (Å²) < 4.78 is 9.73. The highest BCUT2D eigenvalue weighted by atomic mass is 16.6. The number of carbonyl (C=O) groups excluding carboxylic acids is 3. The van der Waals surface area contributed by atoms with Crippen molar-refractivity contribution in [3.05, 3.63) is 18.2 Å². The predicted octanol–water partition coefficient (Wildman–Crippen LogP) is 0.523. The number of carbonyl (C=O) groups is 3. The maximum absolute atomic E-state index is 12.4. The van der Waals surface area contributed by atoms with Crippen molar-refractivity contribution in [1.29, 1.82) is 0 Å². The van der Waals surface area contributed by atoms with E-state index >= 15 is 0 Å². The highest BCUT2D eigenvalue weighted by Gasteiger charge is 2.27. The molecule has 3 N–H and O–H groups in total. The lowest BCUT2D eigenvalue weighted by atomic mass is 10.1. The van der Waals surface area contributed by atoms with Crippen LogP contribution in [0.5, 0.6) is 0 Å². The van der Waals surface area contributed by atoms with Crippen molar-refractivity contribution in [3.63, 3.8) is 0 Å². The quantitative estimate of drug-likeness (QED) is 0.649. The minimum Gasteiger partial charge on any atom is -0.467 e. The third-order valence-corrected chi connectivity index (χ3v) is 2.90. The van der Waals surface area contributed by atoms with Crippen LogP contribution in [-0.4, -0.2) is 52.7 Å². The number of H-pyrrole nitrogens is 1. The first-order valence-electron chi connectivity index (χ1n) is 7.47. The molecule has 0 saturated carbocycles. The average Bonchev–Trinajstić information content (AvgIpc) is 2.96. The van der Waals surface area contributed by atoms with Gasteiger partial charge in [0, 0.05) is 18.3 Å². The van der Waals surface area contributed by atoms with E-state index in [0.29, 0.717) is 5.69 Å². The number of aromatic nitrogens is 2. The van der Waals surface area contributed by atoms with Crippen LogP contribution >= 0.6 is 0 Å². The van der Waals surface area contributed by atoms with Gasteiger partial charge in [-0.05, 0) is 27.7 Å². The van der Waals surface area contributed by atoms with Gasteiger partial charge in [-0.2, -0.15) is 0 Å². The van der Waals surface area contributed by atoms with Gasteiger partial charge in [-0.25, -0.2) is 14.6 Å². The molecule has 1 heterocycles. The number of nitrogens with one attached hydrogen (secondary N) is 3. The third kappa shape index (κ3) is 6.67. The molecule has 0 radical (unpaired) electrons. The first kappa shape index (κ1) is 19.5. The summed E-state index contributed by atoms with van der Waals surface area (Å²) in [6, 6.07) is -1.78. The lowest BCUT2D eigenvalue weighted by Gasteiger charge is -2.23. The summed E-state index contributed by atoms with van der Waals surface area (Å²) in [5.74, 6) is -1.12. The Labute approximate surface area is 140 Å². The topological polar surface area (TPSA) is 122 Å². The monoisotopic (exact) mass is 340 g/mol. The molecule has 134 valence electrons. The Morgan fingerprint density at radius 3 is 2.46 bits per heavy atom. The molecule has 0 aliphatic heterocycles. The number of rotatable bonds is 6. The van der Waals surface area contributed by atoms with Crippen molar-refractivity contribution in [2.45, 2.75) is 51.8 Å². The minimum absolute atomic E-state index is 0.166. The zero-order valence-electron chi connectivity index (χ0n) is 14.5. The summed E-state index contributed by atoms with van der Waals surface area (Å²) in [5, 5.41) is 4.99. The predicted molar refractivity (Wildman–Crippen MR) is 85.1 cm³/mol. The summed E-state index contributed by atoms with van der Waals surface area (Å²) in [7, 11) is 1.23. The number of amides is 2. The van der Waals surface area contributed by atoms with Crippen LogP contribution in [0.2, 0.25) is 0 Å². The molecule has 0 aliphatic rings. The van der Waals surface area contributed by atoms with E-state index in [0.717, 1.165) is 0 Å². The number of hydrogen-bond acceptors (Lipinski definition) is 6. The van der Waals surface area contributed by atoms with Crippen LogP contribution in [0.15, 0.2) is 12.5 Å². The number of ether oxygens (including phenoxy) is 2. The fraction of sp³-hybridized carbons (Fsp3) is 0.600. The average molecular weight is 340 g/mol. The number of hydrogen-bond donors (Lipinski definition) is 3. The standard InChI is InChI=1S/C15H24N4O5/c1-9(13(21)23-5)18-12(20)11(6-10-7-16-8-17-10)19-14(22)24-15(2,3)4/h7-9,11H,6H2,1-5H3,(H,16,17)(H,18,20)(H,19,22)/t9-,11+/m0/s1. The molecular formula is C15H24N4O5. The SMILES string of the molecule is COC(=O)[C@H](C)NC(=O)[C@@H](Cc1cnc[nH]1)NC(=O)OC(C)(C)C. The number of esters is 1. The summed E-state index contributed by atoms with van der Waals surface area (Å²) in [6.07, 6.45) is 2.45. The zero-order valence-corrected chi connectivity index (χ0v) is 14.5. The molecule has 24 heavy (non-hydrogen) atoms. The molecule has 0 aliphatic carbocycles. The van der Waals surface area contributed by atoms with Crippen LogP contribution in [-0.2, 0) is 25.5 Å². The van der Waals surface area contributed by atoms with E-state index < -0.39 is 35.7 Å². The highest BCUT2D eigenvalue weighted by molar-refractivity contribution is 5.89. The van der Waals surface area contributed by atoms with Gasteiger partial charge in [0.1, 0.15) is 17.7 Å². The van der Waals surface area contributed by atoms with Gasteiger partial charge in [-0.1, -0.05) is 0 Å². The van der Waals surface area contributed by atoms with Gasteiger partial charge in [0.25, 0.3) is 0 Å². The van der Waals surface area contributed by atoms with Gasteiger partial charge in [0.2, 0.25) is 5.91 Å². The van der Waals surface area contributed by atoms with Gasteiger partial charge < -0.3 is 25.1 Å².